The third-order valence-corrected chi connectivity index (χ3v) is 4.23. The van der Waals surface area contributed by atoms with E-state index in [0.717, 1.165) is 0 Å². The third-order valence-electron chi connectivity index (χ3n) is 4.23. The highest BCUT2D eigenvalue weighted by Gasteiger charge is 2.15. The highest BCUT2D eigenvalue weighted by atomic mass is 19.1. The number of nitrogens with zero attached hydrogens (tertiary/aromatic N) is 3. The molecule has 3 aromatic rings. The first-order valence-electron chi connectivity index (χ1n) is 8.63. The average Bonchev–Trinajstić information content (AvgIpc) is 2.97. The standard InChI is InChI=1S/C20H20FN3O3/c1-13(9-10-25)12-24-18-8-7-17(20(26)27)22-19(18)16(23-24)6-5-14-3-2-4-15(21)11-14/h2-8,11,13,25H,9-10,12H2,1H3,(H,26,27)/b6-5+. The topological polar surface area (TPSA) is 88.2 Å². The maximum atomic E-state index is 13.4. The molecule has 0 bridgehead atoms. The first-order valence-corrected chi connectivity index (χ1v) is 8.63. The molecule has 140 valence electrons. The maximum absolute atomic E-state index is 13.4. The van der Waals surface area contributed by atoms with Crippen molar-refractivity contribution in [2.75, 3.05) is 6.61 Å². The van der Waals surface area contributed by atoms with Crippen LogP contribution in [0.15, 0.2) is 36.4 Å². The number of benzene rings is 1. The molecule has 27 heavy (non-hydrogen) atoms. The number of aromatic carboxylic acids is 1. The van der Waals surface area contributed by atoms with Gasteiger partial charge in [0.2, 0.25) is 0 Å². The molecule has 1 aromatic carbocycles. The fourth-order valence-electron chi connectivity index (χ4n) is 2.84. The first kappa shape index (κ1) is 18.7. The van der Waals surface area contributed by atoms with E-state index < -0.39 is 5.97 Å². The van der Waals surface area contributed by atoms with Crippen molar-refractivity contribution in [1.29, 1.82) is 0 Å². The quantitative estimate of drug-likeness (QED) is 0.666. The van der Waals surface area contributed by atoms with Gasteiger partial charge >= 0.3 is 5.97 Å². The van der Waals surface area contributed by atoms with Gasteiger partial charge in [-0.25, -0.2) is 14.2 Å². The smallest absolute Gasteiger partial charge is 0.354 e. The zero-order valence-corrected chi connectivity index (χ0v) is 14.8. The molecule has 2 heterocycles. The van der Waals surface area contributed by atoms with Crippen LogP contribution in [0.4, 0.5) is 4.39 Å². The van der Waals surface area contributed by atoms with Crippen molar-refractivity contribution in [3.05, 3.63) is 59.2 Å². The van der Waals surface area contributed by atoms with E-state index >= 15 is 0 Å². The lowest BCUT2D eigenvalue weighted by Crippen LogP contribution is -2.10. The van der Waals surface area contributed by atoms with E-state index in [1.54, 1.807) is 35.0 Å². The Bertz CT molecular complexity index is 997. The molecule has 2 aromatic heterocycles. The zero-order valence-electron chi connectivity index (χ0n) is 14.8. The van der Waals surface area contributed by atoms with Crippen molar-refractivity contribution in [3.8, 4) is 0 Å². The SMILES string of the molecule is CC(CCO)Cn1nc(/C=C/c2cccc(F)c2)c2nc(C(=O)O)ccc21. The van der Waals surface area contributed by atoms with E-state index in [-0.39, 0.29) is 24.0 Å². The second kappa shape index (κ2) is 8.09. The van der Waals surface area contributed by atoms with Crippen LogP contribution in [0.25, 0.3) is 23.2 Å². The van der Waals surface area contributed by atoms with Crippen LogP contribution in [0.1, 0.15) is 35.1 Å². The fourth-order valence-corrected chi connectivity index (χ4v) is 2.84. The number of aromatic nitrogens is 3. The molecule has 0 saturated carbocycles. The van der Waals surface area contributed by atoms with Crippen molar-refractivity contribution in [2.24, 2.45) is 5.92 Å². The Morgan fingerprint density at radius 1 is 1.30 bits per heavy atom. The Kier molecular flexibility index (Phi) is 5.61. The van der Waals surface area contributed by atoms with Gasteiger partial charge in [-0.2, -0.15) is 5.10 Å². The molecule has 0 aliphatic heterocycles. The number of hydrogen-bond acceptors (Lipinski definition) is 4. The number of aliphatic hydroxyl groups is 1. The highest BCUT2D eigenvalue weighted by molar-refractivity contribution is 5.92. The van der Waals surface area contributed by atoms with Gasteiger partial charge in [-0.05, 0) is 48.2 Å². The zero-order chi connectivity index (χ0) is 19.4. The Morgan fingerprint density at radius 3 is 2.81 bits per heavy atom. The van der Waals surface area contributed by atoms with Gasteiger partial charge in [-0.1, -0.05) is 25.1 Å². The van der Waals surface area contributed by atoms with Crippen molar-refractivity contribution < 1.29 is 19.4 Å². The number of rotatable bonds is 7. The molecule has 1 unspecified atom stereocenters. The summed E-state index contributed by atoms with van der Waals surface area (Å²) in [6.07, 6.45) is 4.04. The number of pyridine rings is 1. The first-order chi connectivity index (χ1) is 13.0. The van der Waals surface area contributed by atoms with Crippen LogP contribution < -0.4 is 0 Å². The lowest BCUT2D eigenvalue weighted by atomic mass is 10.1. The predicted molar refractivity (Wildman–Crippen MR) is 101 cm³/mol. The summed E-state index contributed by atoms with van der Waals surface area (Å²) in [5.41, 5.74) is 2.29. The Balaban J connectivity index is 2.03. The van der Waals surface area contributed by atoms with E-state index in [2.05, 4.69) is 10.1 Å². The molecule has 7 heteroatoms. The number of fused-ring (bicyclic) bond motifs is 1. The Labute approximate surface area is 155 Å². The predicted octanol–water partition coefficient (Wildman–Crippen LogP) is 3.46. The van der Waals surface area contributed by atoms with Gasteiger partial charge in [-0.3, -0.25) is 4.68 Å². The Hall–Kier alpha value is -3.06. The van der Waals surface area contributed by atoms with E-state index in [1.165, 1.54) is 18.2 Å². The second-order valence-corrected chi connectivity index (χ2v) is 6.44. The van der Waals surface area contributed by atoms with Crippen LogP contribution in [-0.4, -0.2) is 37.6 Å². The van der Waals surface area contributed by atoms with E-state index in [9.17, 15) is 14.3 Å². The largest absolute Gasteiger partial charge is 0.477 e. The van der Waals surface area contributed by atoms with Gasteiger partial charge in [0.15, 0.2) is 0 Å². The van der Waals surface area contributed by atoms with Crippen molar-refractivity contribution in [2.45, 2.75) is 19.9 Å². The molecular formula is C20H20FN3O3. The van der Waals surface area contributed by atoms with Crippen LogP contribution in [-0.2, 0) is 6.54 Å². The fraction of sp³-hybridized carbons (Fsp3) is 0.250. The average molecular weight is 369 g/mol. The van der Waals surface area contributed by atoms with Gasteiger partial charge in [-0.15, -0.1) is 0 Å². The van der Waals surface area contributed by atoms with Crippen molar-refractivity contribution in [3.63, 3.8) is 0 Å². The number of carboxylic acid groups (broad SMARTS) is 1. The molecule has 0 aliphatic carbocycles. The number of carboxylic acids is 1. The van der Waals surface area contributed by atoms with E-state index in [0.29, 0.717) is 35.3 Å². The molecular weight excluding hydrogens is 349 g/mol. The second-order valence-electron chi connectivity index (χ2n) is 6.44. The highest BCUT2D eigenvalue weighted by Crippen LogP contribution is 2.21. The van der Waals surface area contributed by atoms with E-state index in [1.807, 2.05) is 6.92 Å². The van der Waals surface area contributed by atoms with Gasteiger partial charge in [0.05, 0.1) is 5.52 Å². The van der Waals surface area contributed by atoms with Crippen molar-refractivity contribution >= 4 is 29.2 Å². The van der Waals surface area contributed by atoms with Crippen LogP contribution in [0.2, 0.25) is 0 Å². The normalized spacial score (nSPS) is 12.7. The van der Waals surface area contributed by atoms with Crippen LogP contribution in [0.3, 0.4) is 0 Å². The molecule has 3 rings (SSSR count). The number of halogens is 1. The van der Waals surface area contributed by atoms with Crippen LogP contribution in [0.5, 0.6) is 0 Å². The summed E-state index contributed by atoms with van der Waals surface area (Å²) in [7, 11) is 0. The monoisotopic (exact) mass is 369 g/mol. The van der Waals surface area contributed by atoms with Crippen LogP contribution >= 0.6 is 0 Å². The minimum absolute atomic E-state index is 0.0640. The summed E-state index contributed by atoms with van der Waals surface area (Å²) < 4.78 is 15.1. The van der Waals surface area contributed by atoms with Gasteiger partial charge in [0.25, 0.3) is 0 Å². The Morgan fingerprint density at radius 2 is 2.11 bits per heavy atom. The van der Waals surface area contributed by atoms with Gasteiger partial charge in [0.1, 0.15) is 22.7 Å². The number of carbonyl (C=O) groups is 1. The number of aliphatic hydroxyl groups excluding tert-OH is 1. The third kappa shape index (κ3) is 4.38. The van der Waals surface area contributed by atoms with Gasteiger partial charge < -0.3 is 10.2 Å². The molecule has 0 spiro atoms. The number of hydrogen-bond donors (Lipinski definition) is 2. The molecule has 0 aliphatic rings. The summed E-state index contributed by atoms with van der Waals surface area (Å²) in [4.78, 5) is 15.5. The molecule has 0 saturated heterocycles. The summed E-state index contributed by atoms with van der Waals surface area (Å²) >= 11 is 0. The molecule has 0 fully saturated rings. The van der Waals surface area contributed by atoms with E-state index in [4.69, 9.17) is 5.11 Å². The minimum atomic E-state index is -1.11. The summed E-state index contributed by atoms with van der Waals surface area (Å²) in [6, 6.07) is 9.27. The lowest BCUT2D eigenvalue weighted by Gasteiger charge is -2.10. The molecule has 0 amide bonds. The lowest BCUT2D eigenvalue weighted by molar-refractivity contribution is 0.0691. The minimum Gasteiger partial charge on any atom is -0.477 e. The summed E-state index contributed by atoms with van der Waals surface area (Å²) in [6.45, 7) is 2.66. The van der Waals surface area contributed by atoms with Crippen molar-refractivity contribution in [1.82, 2.24) is 14.8 Å². The molecule has 0 radical (unpaired) electrons. The molecule has 6 nitrogen and oxygen atoms in total. The summed E-state index contributed by atoms with van der Waals surface area (Å²) in [5.74, 6) is -1.26. The molecule has 2 N–H and O–H groups in total. The maximum Gasteiger partial charge on any atom is 0.354 e. The summed E-state index contributed by atoms with van der Waals surface area (Å²) in [5, 5.41) is 22.9. The van der Waals surface area contributed by atoms with Crippen LogP contribution in [0, 0.1) is 11.7 Å². The molecule has 1 atom stereocenters. The van der Waals surface area contributed by atoms with Gasteiger partial charge in [0, 0.05) is 13.2 Å².